The number of rotatable bonds is 6. The van der Waals surface area contributed by atoms with E-state index in [4.69, 9.17) is 5.73 Å². The molecule has 5 rings (SSSR count). The molecule has 3 aliphatic rings. The molecule has 0 bridgehead atoms. The van der Waals surface area contributed by atoms with Crippen molar-refractivity contribution in [3.8, 4) is 0 Å². The van der Waals surface area contributed by atoms with E-state index in [2.05, 4.69) is 33.8 Å². The van der Waals surface area contributed by atoms with Crippen molar-refractivity contribution >= 4 is 30.1 Å². The van der Waals surface area contributed by atoms with Gasteiger partial charge in [-0.15, -0.1) is 11.4 Å². The van der Waals surface area contributed by atoms with Gasteiger partial charge in [0.05, 0.1) is 6.54 Å². The Bertz CT molecular complexity index is 912. The van der Waals surface area contributed by atoms with Crippen molar-refractivity contribution in [2.75, 3.05) is 26.2 Å². The topological polar surface area (TPSA) is 70.2 Å². The summed E-state index contributed by atoms with van der Waals surface area (Å²) in [5.74, 6) is 0.133. The molecule has 5 nitrogen and oxygen atoms in total. The number of benzene rings is 2. The van der Waals surface area contributed by atoms with Crippen LogP contribution in [0.15, 0.2) is 30.3 Å². The molecule has 1 fully saturated rings. The molecule has 0 spiro atoms. The van der Waals surface area contributed by atoms with Crippen LogP contribution in [0.2, 0.25) is 0 Å². The Morgan fingerprint density at radius 1 is 0.941 bits per heavy atom. The van der Waals surface area contributed by atoms with Crippen LogP contribution in [-0.2, 0) is 69.6 Å². The Labute approximate surface area is 235 Å². The number of nitrogens with one attached hydrogen (secondary N) is 2. The van der Waals surface area contributed by atoms with Crippen molar-refractivity contribution in [1.29, 1.82) is 0 Å². The Kier molecular flexibility index (Phi) is 11.2. The molecule has 2 aromatic rings. The molecule has 1 aliphatic heterocycles. The SMILES string of the molecule is O=C(CN1CCCCC1)NCCc1ccc([N-]S)cc1.[NH-]c1c2c(cc3c1CCC3)CCC2.[Y]. The number of carbonyl (C=O) groups is 1. The van der Waals surface area contributed by atoms with Crippen LogP contribution in [0.1, 0.15) is 59.9 Å². The van der Waals surface area contributed by atoms with Crippen molar-refractivity contribution in [1.82, 2.24) is 10.2 Å². The van der Waals surface area contributed by atoms with Crippen molar-refractivity contribution in [3.05, 3.63) is 68.6 Å². The molecule has 0 atom stereocenters. The summed E-state index contributed by atoms with van der Waals surface area (Å²) >= 11 is 3.87. The van der Waals surface area contributed by atoms with Gasteiger partial charge in [-0.2, -0.15) is 0 Å². The summed E-state index contributed by atoms with van der Waals surface area (Å²) in [6.45, 7) is 3.34. The summed E-state index contributed by atoms with van der Waals surface area (Å²) in [7, 11) is 0. The van der Waals surface area contributed by atoms with Gasteiger partial charge in [-0.1, -0.05) is 47.9 Å². The Morgan fingerprint density at radius 2 is 1.56 bits per heavy atom. The van der Waals surface area contributed by atoms with Gasteiger partial charge < -0.3 is 15.8 Å². The van der Waals surface area contributed by atoms with Crippen LogP contribution in [0.4, 0.5) is 11.4 Å². The summed E-state index contributed by atoms with van der Waals surface area (Å²) < 4.78 is 3.80. The first-order valence-electron chi connectivity index (χ1n) is 12.5. The number of aryl methyl sites for hydroxylation is 2. The van der Waals surface area contributed by atoms with Gasteiger partial charge >= 0.3 is 0 Å². The van der Waals surface area contributed by atoms with Crippen LogP contribution in [0.5, 0.6) is 0 Å². The van der Waals surface area contributed by atoms with Gasteiger partial charge in [0.25, 0.3) is 0 Å². The standard InChI is InChI=1S/C15H22N3OS.C12H14N.Y/c19-15(12-18-10-2-1-3-11-18)16-9-8-13-4-6-14(17-20)7-5-13;13-12-10-5-1-3-8(10)7-9-4-2-6-11(9)12;/h4-7,20H,1-3,8-12H2,(H,16,19);7,13H,1-6H2;/q2*-1;. The average molecular weight is 554 g/mol. The molecule has 0 aromatic heterocycles. The van der Waals surface area contributed by atoms with Crippen LogP contribution in [0, 0.1) is 0 Å². The fourth-order valence-electron chi connectivity index (χ4n) is 5.27. The Morgan fingerprint density at radius 3 is 2.15 bits per heavy atom. The molecule has 0 saturated carbocycles. The molecule has 2 aliphatic carbocycles. The molecule has 2 aromatic carbocycles. The molecule has 7 heteroatoms. The van der Waals surface area contributed by atoms with Crippen molar-refractivity contribution in [2.24, 2.45) is 0 Å². The predicted molar refractivity (Wildman–Crippen MR) is 140 cm³/mol. The maximum atomic E-state index is 11.8. The molecule has 2 N–H and O–H groups in total. The molecule has 1 saturated heterocycles. The van der Waals surface area contributed by atoms with E-state index >= 15 is 0 Å². The molecule has 181 valence electrons. The second-order valence-corrected chi connectivity index (χ2v) is 9.64. The zero-order valence-corrected chi connectivity index (χ0v) is 23.8. The monoisotopic (exact) mass is 553 g/mol. The third kappa shape index (κ3) is 7.46. The summed E-state index contributed by atoms with van der Waals surface area (Å²) in [6, 6.07) is 10.3. The number of carbonyl (C=O) groups excluding carboxylic acids is 1. The second kappa shape index (κ2) is 13.9. The maximum Gasteiger partial charge on any atom is 0.234 e. The summed E-state index contributed by atoms with van der Waals surface area (Å²) in [6.07, 6.45) is 11.9. The first-order valence-corrected chi connectivity index (χ1v) is 12.9. The van der Waals surface area contributed by atoms with Gasteiger partial charge in [0.1, 0.15) is 0 Å². The molecular weight excluding hydrogens is 517 g/mol. The fourth-order valence-corrected chi connectivity index (χ4v) is 5.40. The van der Waals surface area contributed by atoms with Gasteiger partial charge in [-0.3, -0.25) is 22.5 Å². The number of hydrogen-bond acceptors (Lipinski definition) is 3. The minimum absolute atomic E-state index is 0. The van der Waals surface area contributed by atoms with E-state index in [9.17, 15) is 4.79 Å². The first kappa shape index (κ1) is 27.5. The molecule has 1 heterocycles. The van der Waals surface area contributed by atoms with Crippen molar-refractivity contribution in [3.63, 3.8) is 0 Å². The van der Waals surface area contributed by atoms with Crippen molar-refractivity contribution in [2.45, 2.75) is 64.2 Å². The van der Waals surface area contributed by atoms with E-state index in [0.29, 0.717) is 13.1 Å². The number of amides is 1. The smallest absolute Gasteiger partial charge is 0.234 e. The third-order valence-corrected chi connectivity index (χ3v) is 7.31. The van der Waals surface area contributed by atoms with Crippen LogP contribution >= 0.6 is 12.8 Å². The molecule has 34 heavy (non-hydrogen) atoms. The summed E-state index contributed by atoms with van der Waals surface area (Å²) in [4.78, 5) is 14.1. The van der Waals surface area contributed by atoms with E-state index in [1.807, 2.05) is 24.3 Å². The molecule has 1 radical (unpaired) electrons. The van der Waals surface area contributed by atoms with Gasteiger partial charge in [0.2, 0.25) is 5.91 Å². The minimum Gasteiger partial charge on any atom is -0.698 e. The molecular formula is C27H36N4OSY-2. The van der Waals surface area contributed by atoms with Gasteiger partial charge in [0, 0.05) is 39.3 Å². The quantitative estimate of drug-likeness (QED) is 0.429. The maximum absolute atomic E-state index is 11.8. The summed E-state index contributed by atoms with van der Waals surface area (Å²) in [5.41, 5.74) is 16.7. The normalized spacial score (nSPS) is 16.5. The molecule has 1 amide bonds. The predicted octanol–water partition coefficient (Wildman–Crippen LogP) is 6.03. The Balaban J connectivity index is 0.000000199. The van der Waals surface area contributed by atoms with Gasteiger partial charge in [0.15, 0.2) is 0 Å². The number of hydrogen-bond donors (Lipinski definition) is 2. The van der Waals surface area contributed by atoms with E-state index < -0.39 is 0 Å². The number of piperidine rings is 1. The van der Waals surface area contributed by atoms with Crippen molar-refractivity contribution < 1.29 is 37.5 Å². The van der Waals surface area contributed by atoms with Gasteiger partial charge in [-0.25, -0.2) is 0 Å². The van der Waals surface area contributed by atoms with Crippen LogP contribution in [0.3, 0.4) is 0 Å². The summed E-state index contributed by atoms with van der Waals surface area (Å²) in [5, 5.41) is 2.99. The number of nitrogens with zero attached hydrogens (tertiary/aromatic N) is 2. The van der Waals surface area contributed by atoms with E-state index in [-0.39, 0.29) is 38.6 Å². The van der Waals surface area contributed by atoms with E-state index in [1.165, 1.54) is 72.8 Å². The largest absolute Gasteiger partial charge is 0.698 e. The number of likely N-dealkylation sites (tertiary alicyclic amines) is 1. The van der Waals surface area contributed by atoms with Crippen LogP contribution in [0.25, 0.3) is 10.5 Å². The van der Waals surface area contributed by atoms with Gasteiger partial charge in [-0.05, 0) is 87.6 Å². The first-order chi connectivity index (χ1) is 16.1. The van der Waals surface area contributed by atoms with E-state index in [1.54, 1.807) is 0 Å². The number of thiol groups is 1. The minimum atomic E-state index is 0. The van der Waals surface area contributed by atoms with E-state index in [0.717, 1.165) is 43.7 Å². The average Bonchev–Trinajstić information content (AvgIpc) is 3.51. The van der Waals surface area contributed by atoms with Crippen LogP contribution in [-0.4, -0.2) is 37.0 Å². The third-order valence-electron chi connectivity index (χ3n) is 7.08. The zero-order valence-electron chi connectivity index (χ0n) is 20.1. The zero-order chi connectivity index (χ0) is 23.0. The molecule has 0 unspecified atom stereocenters. The second-order valence-electron chi connectivity index (χ2n) is 9.44. The van der Waals surface area contributed by atoms with Crippen LogP contribution < -0.4 is 5.32 Å². The Hall–Kier alpha value is -1.08. The number of fused-ring (bicyclic) bond motifs is 2. The fraction of sp³-hybridized carbons (Fsp3) is 0.519.